The molecule has 2 aromatic rings. The van der Waals surface area contributed by atoms with Crippen molar-refractivity contribution in [3.05, 3.63) is 52.3 Å². The molecule has 0 atom stereocenters. The number of nitrogens with two attached hydrogens (primary N) is 1. The molecule has 1 amide bonds. The molecular weight excluding hydrogens is 315 g/mol. The predicted molar refractivity (Wildman–Crippen MR) is 74.6 cm³/mol. The second kappa shape index (κ2) is 5.27. The molecule has 19 heavy (non-hydrogen) atoms. The van der Waals surface area contributed by atoms with E-state index in [0.29, 0.717) is 10.2 Å². The van der Waals surface area contributed by atoms with Crippen molar-refractivity contribution in [1.82, 2.24) is 0 Å². The lowest BCUT2D eigenvalue weighted by molar-refractivity contribution is 0.102. The van der Waals surface area contributed by atoms with Gasteiger partial charge in [-0.1, -0.05) is 0 Å². The van der Waals surface area contributed by atoms with E-state index in [1.54, 1.807) is 0 Å². The third-order valence-corrected chi connectivity index (χ3v) is 3.15. The van der Waals surface area contributed by atoms with E-state index in [4.69, 9.17) is 5.73 Å². The number of carbonyl (C=O) groups excluding carboxylic acids is 1. The molecule has 0 aliphatic heterocycles. The van der Waals surface area contributed by atoms with Crippen LogP contribution in [0.1, 0.15) is 10.4 Å². The highest BCUT2D eigenvalue weighted by molar-refractivity contribution is 9.10. The number of benzene rings is 2. The van der Waals surface area contributed by atoms with Gasteiger partial charge in [0.15, 0.2) is 0 Å². The summed E-state index contributed by atoms with van der Waals surface area (Å²) in [4.78, 5) is 12.0. The molecule has 0 aliphatic rings. The van der Waals surface area contributed by atoms with Crippen molar-refractivity contribution in [2.24, 2.45) is 0 Å². The van der Waals surface area contributed by atoms with E-state index in [2.05, 4.69) is 21.2 Å². The summed E-state index contributed by atoms with van der Waals surface area (Å²) in [6.07, 6.45) is 0. The normalized spacial score (nSPS) is 10.2. The van der Waals surface area contributed by atoms with Crippen LogP contribution in [0.3, 0.4) is 0 Å². The number of anilines is 2. The Hall–Kier alpha value is -2.08. The van der Waals surface area contributed by atoms with Crippen LogP contribution >= 0.6 is 15.9 Å². The number of phenolic OH excluding ortho intramolecular Hbond substituents is 1. The number of phenols is 1. The Morgan fingerprint density at radius 1 is 1.26 bits per heavy atom. The third-order valence-electron chi connectivity index (χ3n) is 2.46. The zero-order chi connectivity index (χ0) is 14.0. The molecule has 0 bridgehead atoms. The Morgan fingerprint density at radius 3 is 2.68 bits per heavy atom. The number of halogens is 2. The topological polar surface area (TPSA) is 75.3 Å². The minimum atomic E-state index is -0.507. The monoisotopic (exact) mass is 324 g/mol. The molecule has 6 heteroatoms. The first-order valence-electron chi connectivity index (χ1n) is 5.32. The lowest BCUT2D eigenvalue weighted by Gasteiger charge is -2.09. The fraction of sp³-hybridized carbons (Fsp3) is 0. The van der Waals surface area contributed by atoms with E-state index >= 15 is 0 Å². The standard InChI is InChI=1S/C13H10BrFN2O2/c14-10-3-1-7(15)5-9(10)13(19)17-12-4-2-8(18)6-11(12)16/h1-6,18H,16H2,(H,17,19). The van der Waals surface area contributed by atoms with Gasteiger partial charge in [0.05, 0.1) is 16.9 Å². The highest BCUT2D eigenvalue weighted by atomic mass is 79.9. The minimum absolute atomic E-state index is 0.00225. The van der Waals surface area contributed by atoms with Crippen LogP contribution in [0, 0.1) is 5.82 Å². The van der Waals surface area contributed by atoms with E-state index in [9.17, 15) is 14.3 Å². The average Bonchev–Trinajstić information content (AvgIpc) is 2.35. The van der Waals surface area contributed by atoms with Gasteiger partial charge in [-0.05, 0) is 46.3 Å². The van der Waals surface area contributed by atoms with Gasteiger partial charge in [-0.3, -0.25) is 4.79 Å². The Balaban J connectivity index is 2.28. The summed E-state index contributed by atoms with van der Waals surface area (Å²) in [6, 6.07) is 7.99. The number of hydrogen-bond donors (Lipinski definition) is 3. The molecule has 4 nitrogen and oxygen atoms in total. The van der Waals surface area contributed by atoms with Crippen LogP contribution in [0.15, 0.2) is 40.9 Å². The van der Waals surface area contributed by atoms with Crippen molar-refractivity contribution in [2.45, 2.75) is 0 Å². The summed E-state index contributed by atoms with van der Waals surface area (Å²) in [5.74, 6) is -1.00. The van der Waals surface area contributed by atoms with Gasteiger partial charge in [0, 0.05) is 10.5 Å². The lowest BCUT2D eigenvalue weighted by Crippen LogP contribution is -2.14. The number of amides is 1. The highest BCUT2D eigenvalue weighted by Crippen LogP contribution is 2.25. The van der Waals surface area contributed by atoms with Crippen LogP contribution in [0.5, 0.6) is 5.75 Å². The zero-order valence-corrected chi connectivity index (χ0v) is 11.2. The van der Waals surface area contributed by atoms with E-state index in [-0.39, 0.29) is 17.0 Å². The molecular formula is C13H10BrFN2O2. The van der Waals surface area contributed by atoms with E-state index in [0.717, 1.165) is 6.07 Å². The summed E-state index contributed by atoms with van der Waals surface area (Å²) in [5.41, 5.74) is 6.38. The van der Waals surface area contributed by atoms with Gasteiger partial charge in [0.25, 0.3) is 5.91 Å². The molecule has 0 heterocycles. The molecule has 2 aromatic carbocycles. The maximum Gasteiger partial charge on any atom is 0.256 e. The number of carbonyl (C=O) groups is 1. The van der Waals surface area contributed by atoms with Crippen molar-refractivity contribution in [3.8, 4) is 5.75 Å². The van der Waals surface area contributed by atoms with Gasteiger partial charge in [0.2, 0.25) is 0 Å². The smallest absolute Gasteiger partial charge is 0.256 e. The third kappa shape index (κ3) is 3.03. The molecule has 2 rings (SSSR count). The number of aromatic hydroxyl groups is 1. The minimum Gasteiger partial charge on any atom is -0.508 e. The first-order valence-corrected chi connectivity index (χ1v) is 6.11. The molecule has 0 spiro atoms. The lowest BCUT2D eigenvalue weighted by atomic mass is 10.2. The van der Waals surface area contributed by atoms with Crippen molar-refractivity contribution in [2.75, 3.05) is 11.1 Å². The summed E-state index contributed by atoms with van der Waals surface area (Å²) < 4.78 is 13.6. The fourth-order valence-electron chi connectivity index (χ4n) is 1.53. The van der Waals surface area contributed by atoms with E-state index in [1.807, 2.05) is 0 Å². The molecule has 0 aliphatic carbocycles. The largest absolute Gasteiger partial charge is 0.508 e. The van der Waals surface area contributed by atoms with Crippen LogP contribution in [0.2, 0.25) is 0 Å². The van der Waals surface area contributed by atoms with Crippen LogP contribution in [-0.4, -0.2) is 11.0 Å². The average molecular weight is 325 g/mol. The molecule has 0 aromatic heterocycles. The van der Waals surface area contributed by atoms with E-state index < -0.39 is 11.7 Å². The van der Waals surface area contributed by atoms with Gasteiger partial charge in [-0.25, -0.2) is 4.39 Å². The molecule has 0 fully saturated rings. The van der Waals surface area contributed by atoms with Crippen molar-refractivity contribution in [3.63, 3.8) is 0 Å². The van der Waals surface area contributed by atoms with Gasteiger partial charge in [-0.15, -0.1) is 0 Å². The van der Waals surface area contributed by atoms with Gasteiger partial charge < -0.3 is 16.2 Å². The maximum absolute atomic E-state index is 13.1. The Kier molecular flexibility index (Phi) is 3.71. The molecule has 0 saturated carbocycles. The van der Waals surface area contributed by atoms with E-state index in [1.165, 1.54) is 30.3 Å². The Morgan fingerprint density at radius 2 is 2.00 bits per heavy atom. The van der Waals surface area contributed by atoms with Crippen LogP contribution in [0.25, 0.3) is 0 Å². The predicted octanol–water partition coefficient (Wildman–Crippen LogP) is 3.13. The number of nitrogens with one attached hydrogen (secondary N) is 1. The molecule has 0 unspecified atom stereocenters. The number of nitrogen functional groups attached to an aromatic ring is 1. The Labute approximate surface area is 117 Å². The second-order valence-corrected chi connectivity index (χ2v) is 4.70. The first kappa shape index (κ1) is 13.4. The van der Waals surface area contributed by atoms with Crippen molar-refractivity contribution >= 4 is 33.2 Å². The molecule has 4 N–H and O–H groups in total. The van der Waals surface area contributed by atoms with Gasteiger partial charge >= 0.3 is 0 Å². The van der Waals surface area contributed by atoms with Crippen LogP contribution in [0.4, 0.5) is 15.8 Å². The first-order chi connectivity index (χ1) is 8.97. The highest BCUT2D eigenvalue weighted by Gasteiger charge is 2.12. The molecule has 0 radical (unpaired) electrons. The summed E-state index contributed by atoms with van der Waals surface area (Å²) in [7, 11) is 0. The number of rotatable bonds is 2. The van der Waals surface area contributed by atoms with Crippen LogP contribution in [-0.2, 0) is 0 Å². The molecule has 98 valence electrons. The zero-order valence-electron chi connectivity index (χ0n) is 9.65. The van der Waals surface area contributed by atoms with Gasteiger partial charge in [0.1, 0.15) is 11.6 Å². The fourth-order valence-corrected chi connectivity index (χ4v) is 1.95. The van der Waals surface area contributed by atoms with Crippen LogP contribution < -0.4 is 11.1 Å². The van der Waals surface area contributed by atoms with Gasteiger partial charge in [-0.2, -0.15) is 0 Å². The quantitative estimate of drug-likeness (QED) is 0.586. The van der Waals surface area contributed by atoms with Crippen molar-refractivity contribution in [1.29, 1.82) is 0 Å². The SMILES string of the molecule is Nc1cc(O)ccc1NC(=O)c1cc(F)ccc1Br. The summed E-state index contributed by atoms with van der Waals surface area (Å²) in [6.45, 7) is 0. The summed E-state index contributed by atoms with van der Waals surface area (Å²) in [5, 5.41) is 11.8. The van der Waals surface area contributed by atoms with Crippen molar-refractivity contribution < 1.29 is 14.3 Å². The maximum atomic E-state index is 13.1. The summed E-state index contributed by atoms with van der Waals surface area (Å²) >= 11 is 3.18. The Bertz CT molecular complexity index is 647. The number of hydrogen-bond acceptors (Lipinski definition) is 3. The molecule has 0 saturated heterocycles. The second-order valence-electron chi connectivity index (χ2n) is 3.85.